The second-order valence-electron chi connectivity index (χ2n) is 10.9. The topological polar surface area (TPSA) is 77.1 Å². The van der Waals surface area contributed by atoms with E-state index in [0.29, 0.717) is 28.7 Å². The Balaban J connectivity index is 1.21. The molecular formula is C31H34F2N6O. The molecule has 0 saturated carbocycles. The first-order valence-corrected chi connectivity index (χ1v) is 14.2. The molecule has 6 rings (SSSR count). The lowest BCUT2D eigenvalue weighted by Gasteiger charge is -2.26. The van der Waals surface area contributed by atoms with Crippen LogP contribution in [0, 0.1) is 11.6 Å². The molecule has 2 N–H and O–H groups in total. The van der Waals surface area contributed by atoms with Crippen LogP contribution in [0.5, 0.6) is 0 Å². The maximum atomic E-state index is 15.0. The summed E-state index contributed by atoms with van der Waals surface area (Å²) in [6.07, 6.45) is 8.84. The van der Waals surface area contributed by atoms with Crippen molar-refractivity contribution in [2.45, 2.75) is 51.6 Å². The Morgan fingerprint density at radius 2 is 1.60 bits per heavy atom. The molecule has 4 heterocycles. The van der Waals surface area contributed by atoms with Crippen LogP contribution in [0.3, 0.4) is 0 Å². The number of pyridine rings is 1. The number of piperidine rings is 2. The molecule has 2 saturated heterocycles. The van der Waals surface area contributed by atoms with E-state index in [1.165, 1.54) is 31.7 Å². The van der Waals surface area contributed by atoms with Gasteiger partial charge in [0.25, 0.3) is 5.91 Å². The van der Waals surface area contributed by atoms with Gasteiger partial charge < -0.3 is 5.32 Å². The first kappa shape index (κ1) is 26.5. The van der Waals surface area contributed by atoms with E-state index in [1.54, 1.807) is 30.5 Å². The van der Waals surface area contributed by atoms with Gasteiger partial charge >= 0.3 is 0 Å². The van der Waals surface area contributed by atoms with Gasteiger partial charge in [0.1, 0.15) is 0 Å². The minimum absolute atomic E-state index is 0.176. The highest BCUT2D eigenvalue weighted by molar-refractivity contribution is 6.11. The minimum Gasteiger partial charge on any atom is -0.319 e. The smallest absolute Gasteiger partial charge is 0.276 e. The van der Waals surface area contributed by atoms with Crippen molar-refractivity contribution in [3.8, 4) is 11.1 Å². The van der Waals surface area contributed by atoms with Crippen LogP contribution in [0.15, 0.2) is 48.7 Å². The highest BCUT2D eigenvalue weighted by atomic mass is 19.2. The molecule has 9 heteroatoms. The number of halogens is 2. The quantitative estimate of drug-likeness (QED) is 0.293. The Labute approximate surface area is 232 Å². The first-order valence-electron chi connectivity index (χ1n) is 14.2. The maximum absolute atomic E-state index is 15.0. The molecule has 2 aliphatic rings. The molecule has 2 aromatic heterocycles. The molecule has 0 aliphatic carbocycles. The normalized spacial score (nSPS) is 16.9. The summed E-state index contributed by atoms with van der Waals surface area (Å²) < 4.78 is 29.7. The summed E-state index contributed by atoms with van der Waals surface area (Å²) in [7, 11) is 0. The fraction of sp³-hybridized carbons (Fsp3) is 0.387. The van der Waals surface area contributed by atoms with Gasteiger partial charge in [0.15, 0.2) is 17.3 Å². The zero-order valence-electron chi connectivity index (χ0n) is 22.6. The lowest BCUT2D eigenvalue weighted by Crippen LogP contribution is -2.29. The number of likely N-dealkylation sites (tertiary alicyclic amines) is 2. The van der Waals surface area contributed by atoms with Crippen LogP contribution in [0.25, 0.3) is 22.0 Å². The molecule has 1 amide bonds. The largest absolute Gasteiger partial charge is 0.319 e. The number of hydrogen-bond acceptors (Lipinski definition) is 5. The average Bonchev–Trinajstić information content (AvgIpc) is 3.41. The number of carbonyl (C=O) groups is 1. The first-order chi connectivity index (χ1) is 19.5. The van der Waals surface area contributed by atoms with Crippen LogP contribution in [0.2, 0.25) is 0 Å². The number of nitrogens with zero attached hydrogens (tertiary/aromatic N) is 4. The van der Waals surface area contributed by atoms with E-state index in [1.807, 2.05) is 12.1 Å². The summed E-state index contributed by atoms with van der Waals surface area (Å²) in [5.74, 6) is -2.17. The van der Waals surface area contributed by atoms with Crippen molar-refractivity contribution in [2.24, 2.45) is 0 Å². The fourth-order valence-electron chi connectivity index (χ4n) is 5.81. The molecule has 2 aromatic carbocycles. The summed E-state index contributed by atoms with van der Waals surface area (Å²) in [6, 6.07) is 11.9. The fourth-order valence-corrected chi connectivity index (χ4v) is 5.81. The molecule has 7 nitrogen and oxygen atoms in total. The average molecular weight is 545 g/mol. The zero-order valence-corrected chi connectivity index (χ0v) is 22.6. The van der Waals surface area contributed by atoms with Gasteiger partial charge in [-0.15, -0.1) is 0 Å². The van der Waals surface area contributed by atoms with E-state index in [0.717, 1.165) is 56.8 Å². The van der Waals surface area contributed by atoms with Crippen molar-refractivity contribution in [1.82, 2.24) is 25.0 Å². The number of carbonyl (C=O) groups excluding carboxylic acids is 1. The molecule has 0 radical (unpaired) electrons. The van der Waals surface area contributed by atoms with Crippen LogP contribution in [0.1, 0.15) is 60.3 Å². The third-order valence-electron chi connectivity index (χ3n) is 7.95. The number of nitrogens with one attached hydrogen (secondary N) is 2. The van der Waals surface area contributed by atoms with Crippen LogP contribution >= 0.6 is 0 Å². The predicted molar refractivity (Wildman–Crippen MR) is 152 cm³/mol. The molecule has 0 atom stereocenters. The molecular weight excluding hydrogens is 510 g/mol. The van der Waals surface area contributed by atoms with E-state index < -0.39 is 17.5 Å². The van der Waals surface area contributed by atoms with Gasteiger partial charge in [0, 0.05) is 24.0 Å². The van der Waals surface area contributed by atoms with Crippen molar-refractivity contribution in [3.05, 3.63) is 77.2 Å². The van der Waals surface area contributed by atoms with E-state index in [9.17, 15) is 13.6 Å². The van der Waals surface area contributed by atoms with Gasteiger partial charge in [0.2, 0.25) is 0 Å². The van der Waals surface area contributed by atoms with Crippen LogP contribution < -0.4 is 5.32 Å². The second kappa shape index (κ2) is 11.8. The van der Waals surface area contributed by atoms with E-state index in [4.69, 9.17) is 0 Å². The summed E-state index contributed by atoms with van der Waals surface area (Å²) in [5, 5.41) is 10.5. The number of benzene rings is 2. The molecule has 0 unspecified atom stereocenters. The Morgan fingerprint density at radius 1 is 0.875 bits per heavy atom. The third-order valence-corrected chi connectivity index (χ3v) is 7.95. The van der Waals surface area contributed by atoms with Crippen LogP contribution in [0.4, 0.5) is 14.5 Å². The number of anilines is 1. The Morgan fingerprint density at radius 3 is 2.30 bits per heavy atom. The standard InChI is InChI=1S/C31H34F2N6O/c32-27-16-21(19-38-11-3-1-4-12-38)15-25(29(27)33)22-7-10-28-26(17-22)30(37-36-28)31(40)35-23-8-9-24(34-18-23)20-39-13-5-2-6-14-39/h7-10,15-18H,1-6,11-14,19-20H2,(H,35,40)(H,36,37). The number of amides is 1. The van der Waals surface area contributed by atoms with Gasteiger partial charge in [0.05, 0.1) is 23.1 Å². The van der Waals surface area contributed by atoms with Gasteiger partial charge in [-0.2, -0.15) is 5.10 Å². The van der Waals surface area contributed by atoms with Crippen molar-refractivity contribution in [1.29, 1.82) is 0 Å². The number of aromatic nitrogens is 3. The molecule has 4 aromatic rings. The van der Waals surface area contributed by atoms with Crippen molar-refractivity contribution in [3.63, 3.8) is 0 Å². The summed E-state index contributed by atoms with van der Waals surface area (Å²) in [6.45, 7) is 5.49. The summed E-state index contributed by atoms with van der Waals surface area (Å²) >= 11 is 0. The van der Waals surface area contributed by atoms with Crippen molar-refractivity contribution in [2.75, 3.05) is 31.5 Å². The molecule has 0 bridgehead atoms. The highest BCUT2D eigenvalue weighted by Crippen LogP contribution is 2.30. The molecule has 2 fully saturated rings. The van der Waals surface area contributed by atoms with Gasteiger partial charge in [-0.3, -0.25) is 24.7 Å². The molecule has 208 valence electrons. The highest BCUT2D eigenvalue weighted by Gasteiger charge is 2.19. The van der Waals surface area contributed by atoms with E-state index >= 15 is 0 Å². The summed E-state index contributed by atoms with van der Waals surface area (Å²) in [4.78, 5) is 22.4. The lowest BCUT2D eigenvalue weighted by atomic mass is 9.99. The molecule has 2 aliphatic heterocycles. The van der Waals surface area contributed by atoms with Crippen LogP contribution in [-0.4, -0.2) is 57.1 Å². The SMILES string of the molecule is O=C(Nc1ccc(CN2CCCCC2)nc1)c1n[nH]c2ccc(-c3cc(CN4CCCCC4)cc(F)c3F)cc12. The van der Waals surface area contributed by atoms with Gasteiger partial charge in [-0.25, -0.2) is 8.78 Å². The Kier molecular flexibility index (Phi) is 7.84. The molecule has 0 spiro atoms. The third kappa shape index (κ3) is 5.90. The van der Waals surface area contributed by atoms with E-state index in [-0.39, 0.29) is 11.3 Å². The van der Waals surface area contributed by atoms with E-state index in [2.05, 4.69) is 30.3 Å². The van der Waals surface area contributed by atoms with Gasteiger partial charge in [-0.05, 0) is 99.4 Å². The summed E-state index contributed by atoms with van der Waals surface area (Å²) in [5.41, 5.74) is 3.74. The van der Waals surface area contributed by atoms with Gasteiger partial charge in [-0.1, -0.05) is 18.9 Å². The number of rotatable bonds is 7. The van der Waals surface area contributed by atoms with Crippen molar-refractivity contribution < 1.29 is 13.6 Å². The molecule has 40 heavy (non-hydrogen) atoms. The Hall–Kier alpha value is -3.69. The maximum Gasteiger partial charge on any atom is 0.276 e. The second-order valence-corrected chi connectivity index (χ2v) is 10.9. The zero-order chi connectivity index (χ0) is 27.5. The van der Waals surface area contributed by atoms with Crippen LogP contribution in [-0.2, 0) is 13.1 Å². The van der Waals surface area contributed by atoms with Crippen molar-refractivity contribution >= 4 is 22.5 Å². The minimum atomic E-state index is -0.896. The predicted octanol–water partition coefficient (Wildman–Crippen LogP) is 6.13. The number of fused-ring (bicyclic) bond motifs is 1. The monoisotopic (exact) mass is 544 g/mol. The number of hydrogen-bond donors (Lipinski definition) is 2. The number of aromatic amines is 1. The Bertz CT molecular complexity index is 1490. The number of H-pyrrole nitrogens is 1. The lowest BCUT2D eigenvalue weighted by molar-refractivity contribution is 0.102.